The van der Waals surface area contributed by atoms with Gasteiger partial charge in [-0.2, -0.15) is 0 Å². The van der Waals surface area contributed by atoms with Crippen LogP contribution in [0.4, 0.5) is 5.69 Å². The molecule has 1 saturated heterocycles. The van der Waals surface area contributed by atoms with Crippen LogP contribution < -0.4 is 10.6 Å². The van der Waals surface area contributed by atoms with E-state index >= 15 is 0 Å². The van der Waals surface area contributed by atoms with Crippen LogP contribution in [0.25, 0.3) is 21.5 Å². The van der Waals surface area contributed by atoms with E-state index < -0.39 is 0 Å². The fourth-order valence-corrected chi connectivity index (χ4v) is 3.98. The zero-order chi connectivity index (χ0) is 15.5. The molecule has 0 atom stereocenters. The molecule has 2 N–H and O–H groups in total. The molecule has 0 unspecified atom stereocenters. The van der Waals surface area contributed by atoms with Crippen molar-refractivity contribution >= 4 is 52.1 Å². The fraction of sp³-hybridized carbons (Fsp3) is 0.316. The molecule has 6 heteroatoms. The highest BCUT2D eigenvalue weighted by atomic mass is 35.5. The van der Waals surface area contributed by atoms with Gasteiger partial charge in [-0.1, -0.05) is 30.3 Å². The number of hydrogen-bond donors (Lipinski definition) is 2. The van der Waals surface area contributed by atoms with Crippen LogP contribution in [-0.4, -0.2) is 24.6 Å². The highest BCUT2D eigenvalue weighted by Gasteiger charge is 2.14. The van der Waals surface area contributed by atoms with Crippen molar-refractivity contribution in [2.45, 2.75) is 12.8 Å². The number of nitrogens with zero attached hydrogens (tertiary/aromatic N) is 1. The molecule has 0 amide bonds. The molecule has 2 aromatic heterocycles. The second-order valence-electron chi connectivity index (χ2n) is 6.13. The number of piperidine rings is 1. The van der Waals surface area contributed by atoms with E-state index in [2.05, 4.69) is 52.4 Å². The predicted molar refractivity (Wildman–Crippen MR) is 114 cm³/mol. The average Bonchev–Trinajstić information content (AvgIpc) is 3.10. The van der Waals surface area contributed by atoms with Gasteiger partial charge in [0, 0.05) is 23.2 Å². The zero-order valence-corrected chi connectivity index (χ0v) is 16.4. The first-order valence-electron chi connectivity index (χ1n) is 8.28. The molecule has 1 aliphatic heterocycles. The van der Waals surface area contributed by atoms with E-state index in [0.29, 0.717) is 0 Å². The van der Waals surface area contributed by atoms with Crippen LogP contribution in [0, 0.1) is 5.92 Å². The minimum absolute atomic E-state index is 0. The second kappa shape index (κ2) is 9.39. The van der Waals surface area contributed by atoms with Gasteiger partial charge in [0.1, 0.15) is 4.83 Å². The monoisotopic (exact) mass is 395 g/mol. The number of thiophene rings is 1. The molecular formula is C19H23Cl2N3S. The number of halogens is 2. The lowest BCUT2D eigenvalue weighted by Crippen LogP contribution is -2.31. The number of rotatable bonds is 4. The maximum atomic E-state index is 4.83. The van der Waals surface area contributed by atoms with Crippen molar-refractivity contribution in [1.82, 2.24) is 10.3 Å². The van der Waals surface area contributed by atoms with Crippen LogP contribution in [0.15, 0.2) is 47.8 Å². The molecule has 3 heterocycles. The Morgan fingerprint density at radius 1 is 1.08 bits per heavy atom. The van der Waals surface area contributed by atoms with Crippen molar-refractivity contribution in [3.05, 3.63) is 47.8 Å². The molecule has 134 valence electrons. The van der Waals surface area contributed by atoms with Crippen LogP contribution in [-0.2, 0) is 0 Å². The van der Waals surface area contributed by atoms with E-state index in [0.717, 1.165) is 36.1 Å². The molecular weight excluding hydrogens is 373 g/mol. The highest BCUT2D eigenvalue weighted by Crippen LogP contribution is 2.31. The van der Waals surface area contributed by atoms with Gasteiger partial charge in [-0.3, -0.25) is 0 Å². The van der Waals surface area contributed by atoms with Crippen LogP contribution in [0.2, 0.25) is 0 Å². The van der Waals surface area contributed by atoms with Crippen molar-refractivity contribution in [2.75, 3.05) is 25.0 Å². The third-order valence-corrected chi connectivity index (χ3v) is 5.35. The summed E-state index contributed by atoms with van der Waals surface area (Å²) in [5.41, 5.74) is 3.44. The summed E-state index contributed by atoms with van der Waals surface area (Å²) in [4.78, 5) is 5.94. The van der Waals surface area contributed by atoms with E-state index in [1.54, 1.807) is 11.3 Å². The lowest BCUT2D eigenvalue weighted by Gasteiger charge is -2.23. The maximum absolute atomic E-state index is 4.83. The molecule has 0 radical (unpaired) electrons. The standard InChI is InChI=1S/C19H21N3S.2ClH/c1-2-4-15(5-3-1)17-12-18(16-8-11-23-19(16)22-17)21-13-14-6-9-20-10-7-14;;/h1-5,8,11-12,14,20H,6-7,9-10,13H2,(H,21,22);2*1H. The lowest BCUT2D eigenvalue weighted by atomic mass is 9.98. The largest absolute Gasteiger partial charge is 0.384 e. The molecule has 0 bridgehead atoms. The molecule has 1 fully saturated rings. The van der Waals surface area contributed by atoms with E-state index in [-0.39, 0.29) is 24.8 Å². The number of nitrogens with one attached hydrogen (secondary N) is 2. The predicted octanol–water partition coefficient (Wildman–Crippen LogP) is 5.22. The first-order chi connectivity index (χ1) is 11.4. The number of fused-ring (bicyclic) bond motifs is 1. The van der Waals surface area contributed by atoms with Crippen molar-refractivity contribution in [2.24, 2.45) is 5.92 Å². The van der Waals surface area contributed by atoms with Gasteiger partial charge in [0.15, 0.2) is 0 Å². The number of pyridine rings is 1. The van der Waals surface area contributed by atoms with Crippen molar-refractivity contribution in [3.63, 3.8) is 0 Å². The molecule has 0 saturated carbocycles. The first kappa shape index (κ1) is 20.0. The second-order valence-corrected chi connectivity index (χ2v) is 7.03. The van der Waals surface area contributed by atoms with Gasteiger partial charge in [0.05, 0.1) is 5.69 Å². The van der Waals surface area contributed by atoms with Crippen LogP contribution in [0.3, 0.4) is 0 Å². The molecule has 0 spiro atoms. The van der Waals surface area contributed by atoms with Gasteiger partial charge in [0.25, 0.3) is 0 Å². The smallest absolute Gasteiger partial charge is 0.126 e. The average molecular weight is 396 g/mol. The summed E-state index contributed by atoms with van der Waals surface area (Å²) in [7, 11) is 0. The number of aromatic nitrogens is 1. The third-order valence-electron chi connectivity index (χ3n) is 4.55. The van der Waals surface area contributed by atoms with Crippen LogP contribution >= 0.6 is 36.2 Å². The molecule has 1 aromatic carbocycles. The minimum Gasteiger partial charge on any atom is -0.384 e. The summed E-state index contributed by atoms with van der Waals surface area (Å²) in [5.74, 6) is 0.762. The molecule has 3 aromatic rings. The van der Waals surface area contributed by atoms with Crippen molar-refractivity contribution < 1.29 is 0 Å². The summed E-state index contributed by atoms with van der Waals surface area (Å²) in [5, 5.41) is 10.5. The number of benzene rings is 1. The number of hydrogen-bond acceptors (Lipinski definition) is 4. The van der Waals surface area contributed by atoms with Crippen LogP contribution in [0.1, 0.15) is 12.8 Å². The molecule has 0 aliphatic carbocycles. The van der Waals surface area contributed by atoms with Crippen molar-refractivity contribution in [1.29, 1.82) is 0 Å². The van der Waals surface area contributed by atoms with Gasteiger partial charge in [0.2, 0.25) is 0 Å². The Morgan fingerprint density at radius 2 is 1.84 bits per heavy atom. The first-order valence-corrected chi connectivity index (χ1v) is 9.16. The third kappa shape index (κ3) is 4.64. The van der Waals surface area contributed by atoms with Crippen LogP contribution in [0.5, 0.6) is 0 Å². The van der Waals surface area contributed by atoms with E-state index in [9.17, 15) is 0 Å². The molecule has 3 nitrogen and oxygen atoms in total. The Hall–Kier alpha value is -1.33. The van der Waals surface area contributed by atoms with Gasteiger partial charge in [-0.05, 0) is 49.4 Å². The van der Waals surface area contributed by atoms with E-state index in [1.807, 2.05) is 6.07 Å². The van der Waals surface area contributed by atoms with Gasteiger partial charge in [-0.15, -0.1) is 36.2 Å². The van der Waals surface area contributed by atoms with Crippen molar-refractivity contribution in [3.8, 4) is 11.3 Å². The summed E-state index contributed by atoms with van der Waals surface area (Å²) >= 11 is 1.71. The summed E-state index contributed by atoms with van der Waals surface area (Å²) < 4.78 is 0. The van der Waals surface area contributed by atoms with Gasteiger partial charge < -0.3 is 10.6 Å². The lowest BCUT2D eigenvalue weighted by molar-refractivity contribution is 0.390. The zero-order valence-electron chi connectivity index (χ0n) is 13.9. The Bertz CT molecular complexity index is 786. The summed E-state index contributed by atoms with van der Waals surface area (Å²) in [6.07, 6.45) is 2.52. The SMILES string of the molecule is Cl.Cl.c1ccc(-c2cc(NCC3CCNCC3)c3ccsc3n2)cc1. The summed E-state index contributed by atoms with van der Waals surface area (Å²) in [6.45, 7) is 3.34. The van der Waals surface area contributed by atoms with E-state index in [1.165, 1.54) is 29.5 Å². The Morgan fingerprint density at radius 3 is 2.60 bits per heavy atom. The number of anilines is 1. The quantitative estimate of drug-likeness (QED) is 0.635. The van der Waals surface area contributed by atoms with Gasteiger partial charge >= 0.3 is 0 Å². The molecule has 25 heavy (non-hydrogen) atoms. The maximum Gasteiger partial charge on any atom is 0.126 e. The fourth-order valence-electron chi connectivity index (χ4n) is 3.19. The molecule has 1 aliphatic rings. The van der Waals surface area contributed by atoms with E-state index in [4.69, 9.17) is 4.98 Å². The highest BCUT2D eigenvalue weighted by molar-refractivity contribution is 7.16. The van der Waals surface area contributed by atoms with Gasteiger partial charge in [-0.25, -0.2) is 4.98 Å². The topological polar surface area (TPSA) is 37.0 Å². The Labute approximate surface area is 165 Å². The Kier molecular flexibility index (Phi) is 7.51. The summed E-state index contributed by atoms with van der Waals surface area (Å²) in [6, 6.07) is 14.8. The Balaban J connectivity index is 0.00000113. The normalized spacial score (nSPS) is 14.6. The molecule has 4 rings (SSSR count). The minimum atomic E-state index is 0.